The highest BCUT2D eigenvalue weighted by Gasteiger charge is 2.35. The molecule has 0 saturated carbocycles. The highest BCUT2D eigenvalue weighted by Crippen LogP contribution is 2.36. The number of guanidine groups is 1. The Balaban J connectivity index is 2.11. The molecule has 2 rings (SSSR count). The molecule has 0 radical (unpaired) electrons. The molecule has 1 aliphatic rings. The van der Waals surface area contributed by atoms with Crippen molar-refractivity contribution in [1.82, 2.24) is 10.6 Å². The molecule has 1 aliphatic heterocycles. The van der Waals surface area contributed by atoms with Crippen LogP contribution in [0.1, 0.15) is 30.9 Å². The van der Waals surface area contributed by atoms with Crippen molar-refractivity contribution in [3.05, 3.63) is 35.4 Å². The van der Waals surface area contributed by atoms with Crippen LogP contribution >= 0.6 is 0 Å². The van der Waals surface area contributed by atoms with Crippen LogP contribution in [0, 0.1) is 6.92 Å². The van der Waals surface area contributed by atoms with Gasteiger partial charge in [0.1, 0.15) is 0 Å². The number of benzene rings is 1. The van der Waals surface area contributed by atoms with E-state index in [0.717, 1.165) is 38.6 Å². The third-order valence-corrected chi connectivity index (χ3v) is 4.78. The molecule has 5 heteroatoms. The predicted octanol–water partition coefficient (Wildman–Crippen LogP) is 2.24. The summed E-state index contributed by atoms with van der Waals surface area (Å²) >= 11 is 0. The van der Waals surface area contributed by atoms with Gasteiger partial charge in [0.2, 0.25) is 0 Å². The van der Waals surface area contributed by atoms with E-state index in [1.807, 2.05) is 0 Å². The van der Waals surface area contributed by atoms with Gasteiger partial charge in [0.25, 0.3) is 0 Å². The van der Waals surface area contributed by atoms with Crippen molar-refractivity contribution in [1.29, 1.82) is 0 Å². The van der Waals surface area contributed by atoms with Crippen molar-refractivity contribution in [3.8, 4) is 0 Å². The van der Waals surface area contributed by atoms with E-state index < -0.39 is 0 Å². The zero-order valence-electron chi connectivity index (χ0n) is 15.4. The minimum Gasteiger partial charge on any atom is -0.383 e. The number of rotatable bonds is 6. The van der Waals surface area contributed by atoms with Crippen LogP contribution in [0.2, 0.25) is 0 Å². The molecule has 0 bridgehead atoms. The second-order valence-electron chi connectivity index (χ2n) is 6.63. The first-order valence-electron chi connectivity index (χ1n) is 8.71. The van der Waals surface area contributed by atoms with E-state index in [1.165, 1.54) is 11.1 Å². The van der Waals surface area contributed by atoms with Gasteiger partial charge in [-0.3, -0.25) is 4.99 Å². The van der Waals surface area contributed by atoms with Gasteiger partial charge < -0.3 is 20.1 Å². The SMILES string of the molecule is CN=C(NCC1(c2ccccc2C)CCOCC1)NC(C)COC. The molecule has 0 aromatic heterocycles. The summed E-state index contributed by atoms with van der Waals surface area (Å²) in [5.41, 5.74) is 2.85. The fourth-order valence-electron chi connectivity index (χ4n) is 3.44. The number of methoxy groups -OCH3 is 1. The normalized spacial score (nSPS) is 18.9. The Morgan fingerprint density at radius 1 is 1.33 bits per heavy atom. The van der Waals surface area contributed by atoms with E-state index in [1.54, 1.807) is 14.2 Å². The largest absolute Gasteiger partial charge is 0.383 e. The lowest BCUT2D eigenvalue weighted by molar-refractivity contribution is 0.0511. The molecule has 0 spiro atoms. The highest BCUT2D eigenvalue weighted by atomic mass is 16.5. The first kappa shape index (κ1) is 18.7. The molecular formula is C19H31N3O2. The van der Waals surface area contributed by atoms with E-state index in [0.29, 0.717) is 6.61 Å². The number of aliphatic imine (C=N–C) groups is 1. The number of aryl methyl sites for hydroxylation is 1. The molecule has 1 atom stereocenters. The van der Waals surface area contributed by atoms with Crippen molar-refractivity contribution in [3.63, 3.8) is 0 Å². The maximum absolute atomic E-state index is 5.63. The number of hydrogen-bond donors (Lipinski definition) is 2. The maximum Gasteiger partial charge on any atom is 0.191 e. The third-order valence-electron chi connectivity index (χ3n) is 4.78. The Hall–Kier alpha value is -1.59. The first-order valence-corrected chi connectivity index (χ1v) is 8.71. The second kappa shape index (κ2) is 9.04. The zero-order chi connectivity index (χ0) is 17.4. The van der Waals surface area contributed by atoms with Crippen LogP contribution in [0.15, 0.2) is 29.3 Å². The lowest BCUT2D eigenvalue weighted by Crippen LogP contribution is -2.50. The highest BCUT2D eigenvalue weighted by molar-refractivity contribution is 5.80. The van der Waals surface area contributed by atoms with Crippen molar-refractivity contribution < 1.29 is 9.47 Å². The molecule has 0 aliphatic carbocycles. The van der Waals surface area contributed by atoms with E-state index in [4.69, 9.17) is 9.47 Å². The first-order chi connectivity index (χ1) is 11.6. The van der Waals surface area contributed by atoms with Gasteiger partial charge in [-0.2, -0.15) is 0 Å². The van der Waals surface area contributed by atoms with E-state index >= 15 is 0 Å². The predicted molar refractivity (Wildman–Crippen MR) is 98.7 cm³/mol. The van der Waals surface area contributed by atoms with Gasteiger partial charge in [-0.25, -0.2) is 0 Å². The smallest absolute Gasteiger partial charge is 0.191 e. The Kier molecular flexibility index (Phi) is 7.06. The minimum atomic E-state index is 0.0890. The van der Waals surface area contributed by atoms with Gasteiger partial charge in [0.15, 0.2) is 5.96 Å². The average molecular weight is 333 g/mol. The molecule has 0 amide bonds. The fraction of sp³-hybridized carbons (Fsp3) is 0.632. The van der Waals surface area contributed by atoms with Gasteiger partial charge in [0.05, 0.1) is 6.61 Å². The molecule has 1 fully saturated rings. The number of ether oxygens (including phenoxy) is 2. The topological polar surface area (TPSA) is 54.9 Å². The van der Waals surface area contributed by atoms with Crippen LogP contribution in [0.25, 0.3) is 0 Å². The fourth-order valence-corrected chi connectivity index (χ4v) is 3.44. The van der Waals surface area contributed by atoms with Gasteiger partial charge in [-0.05, 0) is 37.8 Å². The van der Waals surface area contributed by atoms with Crippen LogP contribution in [0.4, 0.5) is 0 Å². The lowest BCUT2D eigenvalue weighted by Gasteiger charge is -2.39. The molecule has 2 N–H and O–H groups in total. The third kappa shape index (κ3) is 4.71. The Morgan fingerprint density at radius 3 is 2.67 bits per heavy atom. The molecule has 1 aromatic rings. The monoisotopic (exact) mass is 333 g/mol. The van der Waals surface area contributed by atoms with E-state index in [2.05, 4.69) is 53.7 Å². The standard InChI is InChI=1S/C19H31N3O2/c1-15-7-5-6-8-17(15)19(9-11-24-12-10-19)14-21-18(20-3)22-16(2)13-23-4/h5-8,16H,9-14H2,1-4H3,(H2,20,21,22). The molecular weight excluding hydrogens is 302 g/mol. The maximum atomic E-state index is 5.63. The minimum absolute atomic E-state index is 0.0890. The van der Waals surface area contributed by atoms with Crippen molar-refractivity contribution >= 4 is 5.96 Å². The van der Waals surface area contributed by atoms with Crippen LogP contribution in [-0.2, 0) is 14.9 Å². The summed E-state index contributed by atoms with van der Waals surface area (Å²) in [7, 11) is 3.52. The molecule has 1 heterocycles. The summed E-state index contributed by atoms with van der Waals surface area (Å²) in [4.78, 5) is 4.35. The summed E-state index contributed by atoms with van der Waals surface area (Å²) in [6.07, 6.45) is 2.05. The summed E-state index contributed by atoms with van der Waals surface area (Å²) < 4.78 is 10.8. The average Bonchev–Trinajstić information content (AvgIpc) is 2.60. The van der Waals surface area contributed by atoms with Crippen molar-refractivity contribution in [2.24, 2.45) is 4.99 Å². The summed E-state index contributed by atoms with van der Waals surface area (Å²) in [5, 5.41) is 6.90. The molecule has 1 saturated heterocycles. The summed E-state index contributed by atoms with van der Waals surface area (Å²) in [6, 6.07) is 8.90. The van der Waals surface area contributed by atoms with Gasteiger partial charge in [0, 0.05) is 45.4 Å². The van der Waals surface area contributed by atoms with Crippen molar-refractivity contribution in [2.75, 3.05) is 40.5 Å². The van der Waals surface area contributed by atoms with Gasteiger partial charge in [-0.1, -0.05) is 24.3 Å². The van der Waals surface area contributed by atoms with Gasteiger partial charge in [-0.15, -0.1) is 0 Å². The summed E-state index contributed by atoms with van der Waals surface area (Å²) in [5.74, 6) is 0.819. The zero-order valence-corrected chi connectivity index (χ0v) is 15.4. The van der Waals surface area contributed by atoms with E-state index in [-0.39, 0.29) is 11.5 Å². The van der Waals surface area contributed by atoms with Crippen LogP contribution in [-0.4, -0.2) is 52.5 Å². The van der Waals surface area contributed by atoms with Crippen molar-refractivity contribution in [2.45, 2.75) is 38.1 Å². The van der Waals surface area contributed by atoms with Crippen LogP contribution < -0.4 is 10.6 Å². The number of nitrogens with one attached hydrogen (secondary N) is 2. The van der Waals surface area contributed by atoms with E-state index in [9.17, 15) is 0 Å². The van der Waals surface area contributed by atoms with Crippen LogP contribution in [0.5, 0.6) is 0 Å². The Morgan fingerprint density at radius 2 is 2.04 bits per heavy atom. The molecule has 24 heavy (non-hydrogen) atoms. The second-order valence-corrected chi connectivity index (χ2v) is 6.63. The molecule has 1 aromatic carbocycles. The van der Waals surface area contributed by atoms with Gasteiger partial charge >= 0.3 is 0 Å². The Labute approximate surface area is 145 Å². The molecule has 134 valence electrons. The summed E-state index contributed by atoms with van der Waals surface area (Å²) in [6.45, 7) is 7.39. The van der Waals surface area contributed by atoms with Crippen LogP contribution in [0.3, 0.4) is 0 Å². The lowest BCUT2D eigenvalue weighted by atomic mass is 9.72. The molecule has 5 nitrogen and oxygen atoms in total. The quantitative estimate of drug-likeness (QED) is 0.619. The Bertz CT molecular complexity index is 539. The molecule has 1 unspecified atom stereocenters. The number of hydrogen-bond acceptors (Lipinski definition) is 3. The number of nitrogens with zero attached hydrogens (tertiary/aromatic N) is 1.